The first-order chi connectivity index (χ1) is 12.0. The normalized spacial score (nSPS) is 18.0. The van der Waals surface area contributed by atoms with Crippen molar-refractivity contribution in [1.29, 1.82) is 0 Å². The molecular formula is C17H20N6O2. The van der Waals surface area contributed by atoms with Crippen molar-refractivity contribution < 1.29 is 4.79 Å². The molecule has 1 saturated heterocycles. The minimum atomic E-state index is -0.157. The van der Waals surface area contributed by atoms with E-state index in [1.54, 1.807) is 36.4 Å². The number of H-pyrrole nitrogens is 1. The van der Waals surface area contributed by atoms with E-state index in [0.29, 0.717) is 23.6 Å². The third kappa shape index (κ3) is 2.63. The maximum atomic E-state index is 13.1. The third-order valence-electron chi connectivity index (χ3n) is 4.78. The number of carbonyl (C=O) groups is 1. The molecule has 0 unspecified atom stereocenters. The molecule has 8 nitrogen and oxygen atoms in total. The maximum absolute atomic E-state index is 13.1. The minimum Gasteiger partial charge on any atom is -0.330 e. The third-order valence-corrected chi connectivity index (χ3v) is 4.78. The van der Waals surface area contributed by atoms with Crippen molar-refractivity contribution in [1.82, 2.24) is 29.0 Å². The Kier molecular flexibility index (Phi) is 3.67. The van der Waals surface area contributed by atoms with Gasteiger partial charge in [0.25, 0.3) is 11.5 Å². The highest BCUT2D eigenvalue weighted by Crippen LogP contribution is 2.31. The lowest BCUT2D eigenvalue weighted by molar-refractivity contribution is 0.0605. The second kappa shape index (κ2) is 5.87. The number of fused-ring (bicyclic) bond motifs is 1. The molecule has 0 spiro atoms. The van der Waals surface area contributed by atoms with E-state index in [1.807, 2.05) is 11.8 Å². The summed E-state index contributed by atoms with van der Waals surface area (Å²) < 4.78 is 3.11. The maximum Gasteiger partial charge on any atom is 0.259 e. The molecule has 0 radical (unpaired) electrons. The van der Waals surface area contributed by atoms with E-state index in [-0.39, 0.29) is 17.5 Å². The number of hydrogen-bond acceptors (Lipinski definition) is 4. The zero-order chi connectivity index (χ0) is 17.6. The Morgan fingerprint density at radius 3 is 2.96 bits per heavy atom. The van der Waals surface area contributed by atoms with E-state index >= 15 is 0 Å². The van der Waals surface area contributed by atoms with Crippen molar-refractivity contribution in [2.24, 2.45) is 7.05 Å². The Bertz CT molecular complexity index is 998. The number of nitrogens with one attached hydrogen (secondary N) is 1. The Morgan fingerprint density at radius 2 is 2.20 bits per heavy atom. The summed E-state index contributed by atoms with van der Waals surface area (Å²) >= 11 is 0. The monoisotopic (exact) mass is 340 g/mol. The topological polar surface area (TPSA) is 88.3 Å². The summed E-state index contributed by atoms with van der Waals surface area (Å²) in [6.07, 6.45) is 7.75. The van der Waals surface area contributed by atoms with Gasteiger partial charge in [0, 0.05) is 43.9 Å². The summed E-state index contributed by atoms with van der Waals surface area (Å²) in [6, 6.07) is 1.41. The van der Waals surface area contributed by atoms with Crippen LogP contribution in [0, 0.1) is 6.92 Å². The van der Waals surface area contributed by atoms with Gasteiger partial charge in [-0.1, -0.05) is 0 Å². The van der Waals surface area contributed by atoms with E-state index < -0.39 is 0 Å². The molecule has 3 aromatic heterocycles. The number of aryl methyl sites for hydroxylation is 2. The number of amides is 1. The first-order valence-electron chi connectivity index (χ1n) is 8.42. The molecule has 4 rings (SSSR count). The number of hydrogen-bond donors (Lipinski definition) is 1. The SMILES string of the molecule is Cc1nn(C)cc1C(=O)N1CCCC[C@H]1c1cc(=O)n2ccnc2[nH]1. The van der Waals surface area contributed by atoms with Gasteiger partial charge in [0.05, 0.1) is 17.3 Å². The van der Waals surface area contributed by atoms with Crippen molar-refractivity contribution in [2.75, 3.05) is 6.54 Å². The Balaban J connectivity index is 1.74. The number of nitrogens with zero attached hydrogens (tertiary/aromatic N) is 5. The van der Waals surface area contributed by atoms with Crippen molar-refractivity contribution >= 4 is 11.7 Å². The number of carbonyl (C=O) groups excluding carboxylic acids is 1. The lowest BCUT2D eigenvalue weighted by atomic mass is 9.98. The largest absolute Gasteiger partial charge is 0.330 e. The van der Waals surface area contributed by atoms with Crippen LogP contribution in [-0.4, -0.2) is 41.5 Å². The van der Waals surface area contributed by atoms with Crippen LogP contribution in [0.4, 0.5) is 0 Å². The van der Waals surface area contributed by atoms with E-state index in [1.165, 1.54) is 4.40 Å². The Hall–Kier alpha value is -2.90. The fourth-order valence-electron chi connectivity index (χ4n) is 3.58. The van der Waals surface area contributed by atoms with Crippen LogP contribution < -0.4 is 5.56 Å². The first-order valence-corrected chi connectivity index (χ1v) is 8.42. The Labute approximate surface area is 144 Å². The zero-order valence-electron chi connectivity index (χ0n) is 14.3. The fraction of sp³-hybridized carbons (Fsp3) is 0.412. The summed E-state index contributed by atoms with van der Waals surface area (Å²) in [5.74, 6) is 0.456. The van der Waals surface area contributed by atoms with E-state index in [0.717, 1.165) is 25.0 Å². The minimum absolute atomic E-state index is 0.0423. The van der Waals surface area contributed by atoms with Crippen molar-refractivity contribution in [3.05, 3.63) is 52.0 Å². The molecule has 1 atom stereocenters. The molecule has 1 fully saturated rings. The molecule has 1 aliphatic heterocycles. The van der Waals surface area contributed by atoms with Crippen molar-refractivity contribution in [3.63, 3.8) is 0 Å². The average Bonchev–Trinajstić information content (AvgIpc) is 3.20. The van der Waals surface area contributed by atoms with E-state index in [4.69, 9.17) is 0 Å². The molecule has 0 saturated carbocycles. The molecule has 1 N–H and O–H groups in total. The van der Waals surface area contributed by atoms with Gasteiger partial charge in [-0.05, 0) is 26.2 Å². The van der Waals surface area contributed by atoms with Gasteiger partial charge in [0.2, 0.25) is 5.78 Å². The van der Waals surface area contributed by atoms with E-state index in [9.17, 15) is 9.59 Å². The van der Waals surface area contributed by atoms with Crippen LogP contribution >= 0.6 is 0 Å². The number of rotatable bonds is 2. The molecule has 25 heavy (non-hydrogen) atoms. The molecule has 4 heterocycles. The summed E-state index contributed by atoms with van der Waals surface area (Å²) in [6.45, 7) is 2.50. The van der Waals surface area contributed by atoms with Crippen molar-refractivity contribution in [2.45, 2.75) is 32.2 Å². The molecule has 1 amide bonds. The zero-order valence-corrected chi connectivity index (χ0v) is 14.3. The van der Waals surface area contributed by atoms with Gasteiger partial charge in [-0.15, -0.1) is 0 Å². The van der Waals surface area contributed by atoms with Gasteiger partial charge in [-0.2, -0.15) is 5.10 Å². The highest BCUT2D eigenvalue weighted by atomic mass is 16.2. The van der Waals surface area contributed by atoms with Gasteiger partial charge in [0.1, 0.15) is 0 Å². The van der Waals surface area contributed by atoms with Gasteiger partial charge >= 0.3 is 0 Å². The van der Waals surface area contributed by atoms with Crippen LogP contribution in [0.2, 0.25) is 0 Å². The van der Waals surface area contributed by atoms with E-state index in [2.05, 4.69) is 15.1 Å². The molecule has 0 aromatic carbocycles. The molecule has 130 valence electrons. The quantitative estimate of drug-likeness (QED) is 0.764. The summed E-state index contributed by atoms with van der Waals surface area (Å²) in [5.41, 5.74) is 1.92. The standard InChI is InChI=1S/C17H20N6O2/c1-11-12(10-21(2)20-11)16(25)22-7-4-3-5-14(22)13-9-15(24)23-8-6-18-17(23)19-13/h6,8-10,14H,3-5,7H2,1-2H3,(H,18,19)/t14-/m0/s1. The van der Waals surface area contributed by atoms with Crippen molar-refractivity contribution in [3.8, 4) is 0 Å². The lowest BCUT2D eigenvalue weighted by Crippen LogP contribution is -2.39. The second-order valence-electron chi connectivity index (χ2n) is 6.50. The molecule has 0 bridgehead atoms. The average molecular weight is 340 g/mol. The van der Waals surface area contributed by atoms with Gasteiger partial charge in [0.15, 0.2) is 0 Å². The summed E-state index contributed by atoms with van der Waals surface area (Å²) in [7, 11) is 1.81. The number of aromatic amines is 1. The number of piperidine rings is 1. The first kappa shape index (κ1) is 15.6. The summed E-state index contributed by atoms with van der Waals surface area (Å²) in [5, 5.41) is 4.27. The predicted molar refractivity (Wildman–Crippen MR) is 91.4 cm³/mol. The predicted octanol–water partition coefficient (Wildman–Crippen LogP) is 1.43. The highest BCUT2D eigenvalue weighted by molar-refractivity contribution is 5.95. The van der Waals surface area contributed by atoms with Crippen LogP contribution in [-0.2, 0) is 7.05 Å². The van der Waals surface area contributed by atoms with Gasteiger partial charge < -0.3 is 9.88 Å². The molecular weight excluding hydrogens is 320 g/mol. The molecule has 1 aliphatic rings. The highest BCUT2D eigenvalue weighted by Gasteiger charge is 2.31. The smallest absolute Gasteiger partial charge is 0.259 e. The van der Waals surface area contributed by atoms with Gasteiger partial charge in [-0.25, -0.2) is 4.98 Å². The van der Waals surface area contributed by atoms with Crippen LogP contribution in [0.15, 0.2) is 29.5 Å². The summed E-state index contributed by atoms with van der Waals surface area (Å²) in [4.78, 5) is 34.6. The Morgan fingerprint density at radius 1 is 1.36 bits per heavy atom. The molecule has 3 aromatic rings. The second-order valence-corrected chi connectivity index (χ2v) is 6.50. The van der Waals surface area contributed by atoms with Crippen LogP contribution in [0.5, 0.6) is 0 Å². The number of aromatic nitrogens is 5. The van der Waals surface area contributed by atoms with Gasteiger partial charge in [-0.3, -0.25) is 18.7 Å². The fourth-order valence-corrected chi connectivity index (χ4v) is 3.58. The van der Waals surface area contributed by atoms with Crippen LogP contribution in [0.1, 0.15) is 47.1 Å². The molecule has 8 heteroatoms. The van der Waals surface area contributed by atoms with Crippen LogP contribution in [0.25, 0.3) is 5.78 Å². The number of imidazole rings is 1. The van der Waals surface area contributed by atoms with Crippen LogP contribution in [0.3, 0.4) is 0 Å². The molecule has 0 aliphatic carbocycles. The number of likely N-dealkylation sites (tertiary alicyclic amines) is 1. The lowest BCUT2D eigenvalue weighted by Gasteiger charge is -2.35.